The van der Waals surface area contributed by atoms with E-state index in [4.69, 9.17) is 23.8 Å². The summed E-state index contributed by atoms with van der Waals surface area (Å²) in [5.41, 5.74) is 4.47. The van der Waals surface area contributed by atoms with Crippen LogP contribution in [-0.2, 0) is 13.1 Å². The number of hydrogen-bond acceptors (Lipinski definition) is 3. The minimum absolute atomic E-state index is 0.261. The summed E-state index contributed by atoms with van der Waals surface area (Å²) in [5, 5.41) is 16.5. The standard InChI is InChI=1S/C23H22ClFN6S/c1-15-22(16(2)31(28-15)14-18-4-3-5-20(25)12-18)27-23(32)26-21-10-11-30(29-21)13-17-6-8-19(24)9-7-17/h3-12H,13-14H2,1-2H3,(H2,26,27,29,32). The van der Waals surface area contributed by atoms with Crippen molar-refractivity contribution in [1.29, 1.82) is 0 Å². The van der Waals surface area contributed by atoms with Crippen LogP contribution in [0.25, 0.3) is 0 Å². The second kappa shape index (κ2) is 9.50. The fourth-order valence-corrected chi connectivity index (χ4v) is 3.73. The highest BCUT2D eigenvalue weighted by Gasteiger charge is 2.14. The zero-order valence-corrected chi connectivity index (χ0v) is 19.2. The Labute approximate surface area is 196 Å². The monoisotopic (exact) mass is 468 g/mol. The molecule has 0 aliphatic carbocycles. The lowest BCUT2D eigenvalue weighted by atomic mass is 10.2. The number of hydrogen-bond donors (Lipinski definition) is 2. The number of aryl methyl sites for hydroxylation is 1. The van der Waals surface area contributed by atoms with Crippen LogP contribution >= 0.6 is 23.8 Å². The van der Waals surface area contributed by atoms with Gasteiger partial charge in [-0.05, 0) is 61.5 Å². The molecule has 4 aromatic rings. The van der Waals surface area contributed by atoms with E-state index in [1.54, 1.807) is 6.07 Å². The molecule has 0 unspecified atom stereocenters. The molecule has 0 saturated carbocycles. The Bertz CT molecular complexity index is 1250. The summed E-state index contributed by atoms with van der Waals surface area (Å²) in [7, 11) is 0. The number of anilines is 2. The topological polar surface area (TPSA) is 59.7 Å². The van der Waals surface area contributed by atoms with Crippen LogP contribution in [0.1, 0.15) is 22.5 Å². The van der Waals surface area contributed by atoms with Crippen LogP contribution in [0.4, 0.5) is 15.9 Å². The Hall–Kier alpha value is -3.23. The van der Waals surface area contributed by atoms with Gasteiger partial charge in [0.2, 0.25) is 0 Å². The molecule has 0 amide bonds. The first kappa shape index (κ1) is 22.0. The summed E-state index contributed by atoms with van der Waals surface area (Å²) in [5.74, 6) is 0.377. The van der Waals surface area contributed by atoms with Gasteiger partial charge < -0.3 is 10.6 Å². The van der Waals surface area contributed by atoms with Gasteiger partial charge in [-0.1, -0.05) is 35.9 Å². The summed E-state index contributed by atoms with van der Waals surface area (Å²) in [6.45, 7) is 4.96. The SMILES string of the molecule is Cc1nn(Cc2cccc(F)c2)c(C)c1NC(=S)Nc1ccn(Cc2ccc(Cl)cc2)n1. The third-order valence-corrected chi connectivity index (χ3v) is 5.44. The Kier molecular flexibility index (Phi) is 6.53. The van der Waals surface area contributed by atoms with Crippen LogP contribution < -0.4 is 10.6 Å². The highest BCUT2D eigenvalue weighted by molar-refractivity contribution is 7.80. The second-order valence-electron chi connectivity index (χ2n) is 7.44. The van der Waals surface area contributed by atoms with Crippen LogP contribution in [0.3, 0.4) is 0 Å². The first-order valence-electron chi connectivity index (χ1n) is 10.0. The first-order valence-corrected chi connectivity index (χ1v) is 10.8. The predicted octanol–water partition coefficient (Wildman–Crippen LogP) is 5.39. The summed E-state index contributed by atoms with van der Waals surface area (Å²) in [6.07, 6.45) is 1.88. The van der Waals surface area contributed by atoms with E-state index in [1.807, 2.05) is 65.8 Å². The molecule has 0 aliphatic heterocycles. The molecule has 164 valence electrons. The van der Waals surface area contributed by atoms with Gasteiger partial charge >= 0.3 is 0 Å². The van der Waals surface area contributed by atoms with Gasteiger partial charge in [0.25, 0.3) is 0 Å². The van der Waals surface area contributed by atoms with Crippen molar-refractivity contribution in [1.82, 2.24) is 19.6 Å². The van der Waals surface area contributed by atoms with Gasteiger partial charge in [0.05, 0.1) is 30.2 Å². The van der Waals surface area contributed by atoms with E-state index in [0.717, 1.165) is 28.2 Å². The maximum atomic E-state index is 13.5. The van der Waals surface area contributed by atoms with Gasteiger partial charge in [-0.25, -0.2) is 4.39 Å². The minimum atomic E-state index is -0.261. The highest BCUT2D eigenvalue weighted by Crippen LogP contribution is 2.21. The number of nitrogens with one attached hydrogen (secondary N) is 2. The molecule has 32 heavy (non-hydrogen) atoms. The normalized spacial score (nSPS) is 10.9. The van der Waals surface area contributed by atoms with Crippen LogP contribution in [0.5, 0.6) is 0 Å². The fraction of sp³-hybridized carbons (Fsp3) is 0.174. The Morgan fingerprint density at radius 1 is 1.00 bits per heavy atom. The average Bonchev–Trinajstić information content (AvgIpc) is 3.29. The van der Waals surface area contributed by atoms with Crippen molar-refractivity contribution in [2.24, 2.45) is 0 Å². The van der Waals surface area contributed by atoms with Crippen LogP contribution in [0, 0.1) is 19.7 Å². The van der Waals surface area contributed by atoms with Crippen molar-refractivity contribution in [3.8, 4) is 0 Å². The molecule has 2 aromatic carbocycles. The summed E-state index contributed by atoms with van der Waals surface area (Å²) in [6, 6.07) is 16.0. The number of rotatable bonds is 6. The second-order valence-corrected chi connectivity index (χ2v) is 8.28. The highest BCUT2D eigenvalue weighted by atomic mass is 35.5. The lowest BCUT2D eigenvalue weighted by Gasteiger charge is -2.10. The van der Waals surface area contributed by atoms with E-state index in [2.05, 4.69) is 20.8 Å². The summed E-state index contributed by atoms with van der Waals surface area (Å²) in [4.78, 5) is 0. The van der Waals surface area contributed by atoms with Crippen molar-refractivity contribution in [2.45, 2.75) is 26.9 Å². The van der Waals surface area contributed by atoms with Crippen molar-refractivity contribution in [2.75, 3.05) is 10.6 Å². The number of halogens is 2. The van der Waals surface area contributed by atoms with E-state index in [-0.39, 0.29) is 5.82 Å². The number of thiocarbonyl (C=S) groups is 1. The van der Waals surface area contributed by atoms with E-state index >= 15 is 0 Å². The maximum absolute atomic E-state index is 13.5. The van der Waals surface area contributed by atoms with Gasteiger partial charge in [-0.2, -0.15) is 10.2 Å². The van der Waals surface area contributed by atoms with Crippen LogP contribution in [0.2, 0.25) is 5.02 Å². The molecule has 0 saturated heterocycles. The van der Waals surface area contributed by atoms with Crippen molar-refractivity contribution in [3.05, 3.63) is 94.1 Å². The fourth-order valence-electron chi connectivity index (χ4n) is 3.39. The van der Waals surface area contributed by atoms with Gasteiger partial charge in [0.1, 0.15) is 5.82 Å². The predicted molar refractivity (Wildman–Crippen MR) is 130 cm³/mol. The Morgan fingerprint density at radius 3 is 2.53 bits per heavy atom. The van der Waals surface area contributed by atoms with E-state index < -0.39 is 0 Å². The first-order chi connectivity index (χ1) is 15.4. The van der Waals surface area contributed by atoms with E-state index in [0.29, 0.717) is 29.0 Å². The number of aromatic nitrogens is 4. The van der Waals surface area contributed by atoms with E-state index in [9.17, 15) is 4.39 Å². The molecular weight excluding hydrogens is 447 g/mol. The molecule has 2 N–H and O–H groups in total. The van der Waals surface area contributed by atoms with Crippen LogP contribution in [0.15, 0.2) is 60.8 Å². The Morgan fingerprint density at radius 2 is 1.78 bits per heavy atom. The molecule has 0 fully saturated rings. The number of benzene rings is 2. The molecule has 6 nitrogen and oxygen atoms in total. The van der Waals surface area contributed by atoms with Crippen molar-refractivity contribution < 1.29 is 4.39 Å². The molecule has 0 spiro atoms. The molecule has 4 rings (SSSR count). The van der Waals surface area contributed by atoms with E-state index in [1.165, 1.54) is 12.1 Å². The molecule has 2 heterocycles. The third-order valence-electron chi connectivity index (χ3n) is 4.98. The maximum Gasteiger partial charge on any atom is 0.176 e. The smallest absolute Gasteiger partial charge is 0.176 e. The lowest BCUT2D eigenvalue weighted by Crippen LogP contribution is -2.20. The van der Waals surface area contributed by atoms with Gasteiger partial charge in [0.15, 0.2) is 10.9 Å². The lowest BCUT2D eigenvalue weighted by molar-refractivity contribution is 0.616. The summed E-state index contributed by atoms with van der Waals surface area (Å²) < 4.78 is 17.1. The van der Waals surface area contributed by atoms with Gasteiger partial charge in [-0.3, -0.25) is 9.36 Å². The number of nitrogens with zero attached hydrogens (tertiary/aromatic N) is 4. The zero-order valence-electron chi connectivity index (χ0n) is 17.6. The Balaban J connectivity index is 1.39. The van der Waals surface area contributed by atoms with Gasteiger partial charge in [-0.15, -0.1) is 0 Å². The molecule has 0 radical (unpaired) electrons. The molecule has 0 atom stereocenters. The zero-order chi connectivity index (χ0) is 22.7. The molecule has 9 heteroatoms. The van der Waals surface area contributed by atoms with Crippen molar-refractivity contribution in [3.63, 3.8) is 0 Å². The quantitative estimate of drug-likeness (QED) is 0.371. The molecule has 2 aromatic heterocycles. The molecule has 0 aliphatic rings. The minimum Gasteiger partial charge on any atom is -0.329 e. The third kappa shape index (κ3) is 5.33. The molecule has 0 bridgehead atoms. The summed E-state index contributed by atoms with van der Waals surface area (Å²) >= 11 is 11.4. The molecular formula is C23H22ClFN6S. The largest absolute Gasteiger partial charge is 0.329 e. The van der Waals surface area contributed by atoms with Crippen molar-refractivity contribution >= 4 is 40.4 Å². The van der Waals surface area contributed by atoms with Crippen LogP contribution in [-0.4, -0.2) is 24.7 Å². The van der Waals surface area contributed by atoms with Gasteiger partial charge in [0, 0.05) is 17.3 Å². The average molecular weight is 469 g/mol.